The largest absolute Gasteiger partial charge is 0.373 e. The van der Waals surface area contributed by atoms with E-state index in [4.69, 9.17) is 9.73 Å². The van der Waals surface area contributed by atoms with Gasteiger partial charge in [-0.15, -0.1) is 0 Å². The summed E-state index contributed by atoms with van der Waals surface area (Å²) in [4.78, 5) is 4.96. The maximum Gasteiger partial charge on any atom is 0.157 e. The van der Waals surface area contributed by atoms with Crippen LogP contribution in [0.15, 0.2) is 4.99 Å². The third kappa shape index (κ3) is 2.07. The molecule has 1 aliphatic carbocycles. The minimum atomic E-state index is 0.461. The van der Waals surface area contributed by atoms with E-state index < -0.39 is 0 Å². The third-order valence-electron chi connectivity index (χ3n) is 5.00. The van der Waals surface area contributed by atoms with Crippen LogP contribution >= 0.6 is 11.8 Å². The van der Waals surface area contributed by atoms with Gasteiger partial charge in [-0.1, -0.05) is 24.6 Å². The Hall–Kier alpha value is -0.220. The molecular formula is C14H22N2OS. The molecule has 5 unspecified atom stereocenters. The lowest BCUT2D eigenvalue weighted by atomic mass is 9.86. The zero-order chi connectivity index (χ0) is 11.9. The number of amidine groups is 1. The van der Waals surface area contributed by atoms with Crippen LogP contribution in [0, 0.1) is 5.92 Å². The van der Waals surface area contributed by atoms with E-state index in [2.05, 4.69) is 5.32 Å². The second-order valence-electron chi connectivity index (χ2n) is 6.22. The maximum atomic E-state index is 5.91. The van der Waals surface area contributed by atoms with Crippen LogP contribution < -0.4 is 5.32 Å². The van der Waals surface area contributed by atoms with Gasteiger partial charge in [0.05, 0.1) is 24.3 Å². The number of nitrogens with zero attached hydrogens (tertiary/aromatic N) is 1. The SMILES string of the molecule is C1CCC2N=C(NC3CC4CCC3O4)SCC2C1. The van der Waals surface area contributed by atoms with Crippen molar-refractivity contribution in [2.24, 2.45) is 10.9 Å². The highest BCUT2D eigenvalue weighted by molar-refractivity contribution is 8.13. The lowest BCUT2D eigenvalue weighted by Crippen LogP contribution is -2.43. The molecule has 0 amide bonds. The van der Waals surface area contributed by atoms with Gasteiger partial charge in [0.1, 0.15) is 0 Å². The predicted molar refractivity (Wildman–Crippen MR) is 75.1 cm³/mol. The summed E-state index contributed by atoms with van der Waals surface area (Å²) in [5.74, 6) is 2.13. The molecule has 3 heterocycles. The van der Waals surface area contributed by atoms with Crippen molar-refractivity contribution in [1.29, 1.82) is 0 Å². The van der Waals surface area contributed by atoms with E-state index in [-0.39, 0.29) is 0 Å². The van der Waals surface area contributed by atoms with Gasteiger partial charge in [0.2, 0.25) is 0 Å². The zero-order valence-corrected chi connectivity index (χ0v) is 11.6. The van der Waals surface area contributed by atoms with Crippen LogP contribution in [0.4, 0.5) is 0 Å². The second-order valence-corrected chi connectivity index (χ2v) is 7.23. The number of thioether (sulfide) groups is 1. The topological polar surface area (TPSA) is 33.6 Å². The molecular weight excluding hydrogens is 244 g/mol. The molecule has 3 fully saturated rings. The van der Waals surface area contributed by atoms with E-state index in [0.29, 0.717) is 24.3 Å². The smallest absolute Gasteiger partial charge is 0.157 e. The van der Waals surface area contributed by atoms with Crippen molar-refractivity contribution >= 4 is 16.9 Å². The molecule has 1 N–H and O–H groups in total. The van der Waals surface area contributed by atoms with Crippen LogP contribution in [0.25, 0.3) is 0 Å². The van der Waals surface area contributed by atoms with Gasteiger partial charge >= 0.3 is 0 Å². The number of rotatable bonds is 1. The average Bonchev–Trinajstić information content (AvgIpc) is 3.01. The minimum absolute atomic E-state index is 0.461. The molecule has 1 saturated carbocycles. The van der Waals surface area contributed by atoms with Gasteiger partial charge in [0.25, 0.3) is 0 Å². The van der Waals surface area contributed by atoms with Gasteiger partial charge in [0, 0.05) is 5.75 Å². The Labute approximate surface area is 113 Å². The standard InChI is InChI=1S/C14H22N2OS/c1-2-4-11-9(3-1)8-18-14(15-11)16-12-7-10-5-6-13(12)17-10/h9-13H,1-8H2,(H,15,16). The zero-order valence-electron chi connectivity index (χ0n) is 10.8. The first-order valence-corrected chi connectivity index (χ1v) is 8.49. The summed E-state index contributed by atoms with van der Waals surface area (Å²) in [6.45, 7) is 0. The molecule has 18 heavy (non-hydrogen) atoms. The Morgan fingerprint density at radius 1 is 1.17 bits per heavy atom. The van der Waals surface area contributed by atoms with Crippen LogP contribution in [-0.4, -0.2) is 35.2 Å². The summed E-state index contributed by atoms with van der Waals surface area (Å²) in [6.07, 6.45) is 10.2. The predicted octanol–water partition coefficient (Wildman–Crippen LogP) is 2.56. The molecule has 100 valence electrons. The quantitative estimate of drug-likeness (QED) is 0.792. The summed E-state index contributed by atoms with van der Waals surface area (Å²) in [7, 11) is 0. The first-order chi connectivity index (χ1) is 8.88. The van der Waals surface area contributed by atoms with Gasteiger partial charge in [-0.3, -0.25) is 4.99 Å². The molecule has 0 aromatic rings. The van der Waals surface area contributed by atoms with Crippen molar-refractivity contribution < 1.29 is 4.74 Å². The summed E-state index contributed by atoms with van der Waals surface area (Å²) in [6, 6.07) is 1.15. The Kier molecular flexibility index (Phi) is 3.03. The molecule has 4 heteroatoms. The average molecular weight is 266 g/mol. The van der Waals surface area contributed by atoms with Crippen LogP contribution in [0.1, 0.15) is 44.9 Å². The highest BCUT2D eigenvalue weighted by Gasteiger charge is 2.41. The van der Waals surface area contributed by atoms with Gasteiger partial charge in [-0.05, 0) is 38.0 Å². The highest BCUT2D eigenvalue weighted by Crippen LogP contribution is 2.37. The third-order valence-corrected chi connectivity index (χ3v) is 6.09. The van der Waals surface area contributed by atoms with Gasteiger partial charge in [-0.25, -0.2) is 0 Å². The molecule has 0 aromatic carbocycles. The first kappa shape index (κ1) is 11.6. The van der Waals surface area contributed by atoms with Crippen molar-refractivity contribution in [1.82, 2.24) is 5.32 Å². The Morgan fingerprint density at radius 2 is 2.11 bits per heavy atom. The molecule has 2 bridgehead atoms. The van der Waals surface area contributed by atoms with Gasteiger partial charge in [-0.2, -0.15) is 0 Å². The summed E-state index contributed by atoms with van der Waals surface area (Å²) < 4.78 is 5.91. The number of hydrogen-bond acceptors (Lipinski definition) is 4. The second kappa shape index (κ2) is 4.71. The summed E-state index contributed by atoms with van der Waals surface area (Å²) in [5, 5.41) is 4.88. The van der Waals surface area contributed by atoms with Crippen molar-refractivity contribution in [2.45, 2.75) is 69.2 Å². The molecule has 0 spiro atoms. The van der Waals surface area contributed by atoms with Crippen LogP contribution in [0.2, 0.25) is 0 Å². The van der Waals surface area contributed by atoms with Crippen molar-refractivity contribution in [2.75, 3.05) is 5.75 Å². The maximum absolute atomic E-state index is 5.91. The van der Waals surface area contributed by atoms with E-state index >= 15 is 0 Å². The van der Waals surface area contributed by atoms with E-state index in [0.717, 1.165) is 5.92 Å². The first-order valence-electron chi connectivity index (χ1n) is 7.51. The monoisotopic (exact) mass is 266 g/mol. The van der Waals surface area contributed by atoms with Crippen LogP contribution in [0.3, 0.4) is 0 Å². The Balaban J connectivity index is 1.41. The molecule has 0 radical (unpaired) electrons. The molecule has 5 atom stereocenters. The summed E-state index contributed by atoms with van der Waals surface area (Å²) >= 11 is 1.95. The normalized spacial score (nSPS) is 46.7. The van der Waals surface area contributed by atoms with Crippen LogP contribution in [-0.2, 0) is 4.74 Å². The van der Waals surface area contributed by atoms with E-state index in [1.165, 1.54) is 55.9 Å². The Morgan fingerprint density at radius 3 is 2.94 bits per heavy atom. The highest BCUT2D eigenvalue weighted by atomic mass is 32.2. The lowest BCUT2D eigenvalue weighted by Gasteiger charge is -2.34. The fourth-order valence-electron chi connectivity index (χ4n) is 3.95. The van der Waals surface area contributed by atoms with Gasteiger partial charge < -0.3 is 10.1 Å². The molecule has 0 aromatic heterocycles. The molecule has 4 aliphatic rings. The molecule has 3 aliphatic heterocycles. The fraction of sp³-hybridized carbons (Fsp3) is 0.929. The fourth-order valence-corrected chi connectivity index (χ4v) is 5.16. The Bertz CT molecular complexity index is 360. The number of aliphatic imine (C=N–C) groups is 1. The number of nitrogens with one attached hydrogen (secondary N) is 1. The van der Waals surface area contributed by atoms with Crippen molar-refractivity contribution in [3.05, 3.63) is 0 Å². The van der Waals surface area contributed by atoms with Crippen molar-refractivity contribution in [3.8, 4) is 0 Å². The van der Waals surface area contributed by atoms with E-state index in [1.54, 1.807) is 0 Å². The molecule has 4 rings (SSSR count). The van der Waals surface area contributed by atoms with Gasteiger partial charge in [0.15, 0.2) is 5.17 Å². The van der Waals surface area contributed by atoms with Crippen molar-refractivity contribution in [3.63, 3.8) is 0 Å². The van der Waals surface area contributed by atoms with E-state index in [1.807, 2.05) is 11.8 Å². The summed E-state index contributed by atoms with van der Waals surface area (Å²) in [5.41, 5.74) is 0. The number of hydrogen-bond donors (Lipinski definition) is 1. The van der Waals surface area contributed by atoms with Crippen LogP contribution in [0.5, 0.6) is 0 Å². The number of fused-ring (bicyclic) bond motifs is 3. The lowest BCUT2D eigenvalue weighted by molar-refractivity contribution is 0.0993. The number of ether oxygens (including phenoxy) is 1. The molecule has 3 nitrogen and oxygen atoms in total. The molecule has 2 saturated heterocycles. The minimum Gasteiger partial charge on any atom is -0.373 e. The van der Waals surface area contributed by atoms with E-state index in [9.17, 15) is 0 Å².